The predicted molar refractivity (Wildman–Crippen MR) is 120 cm³/mol. The van der Waals surface area contributed by atoms with Crippen LogP contribution < -0.4 is 0 Å². The molecule has 1 amide bonds. The van der Waals surface area contributed by atoms with E-state index in [1.807, 2.05) is 68.4 Å². The quantitative estimate of drug-likeness (QED) is 0.595. The smallest absolute Gasteiger partial charge is 0.274 e. The first-order chi connectivity index (χ1) is 14.3. The topological polar surface area (TPSA) is 67.3 Å². The summed E-state index contributed by atoms with van der Waals surface area (Å²) in [6.07, 6.45) is 0.462. The summed E-state index contributed by atoms with van der Waals surface area (Å²) in [5.41, 5.74) is 3.47. The molecule has 1 aliphatic heterocycles. The Morgan fingerprint density at radius 3 is 2.43 bits per heavy atom. The van der Waals surface area contributed by atoms with Crippen LogP contribution in [0, 0.1) is 13.8 Å². The monoisotopic (exact) mass is 440 g/mol. The largest absolute Gasteiger partial charge is 0.329 e. The van der Waals surface area contributed by atoms with E-state index in [1.165, 1.54) is 11.3 Å². The number of nitrogens with zero attached hydrogens (tertiary/aromatic N) is 2. The lowest BCUT2D eigenvalue weighted by Crippen LogP contribution is -2.41. The molecule has 5 nitrogen and oxygen atoms in total. The summed E-state index contributed by atoms with van der Waals surface area (Å²) in [6, 6.07) is 17.4. The van der Waals surface area contributed by atoms with Gasteiger partial charge in [0.2, 0.25) is 0 Å². The van der Waals surface area contributed by atoms with E-state index in [1.54, 1.807) is 4.90 Å². The second kappa shape index (κ2) is 8.32. The van der Waals surface area contributed by atoms with Crippen LogP contribution in [0.4, 0.5) is 0 Å². The molecule has 4 rings (SSSR count). The molecule has 0 aliphatic carbocycles. The summed E-state index contributed by atoms with van der Waals surface area (Å²) in [5, 5.41) is 0.812. The number of amides is 1. The summed E-state index contributed by atoms with van der Waals surface area (Å²) in [5.74, 6) is -0.0772. The Kier molecular flexibility index (Phi) is 5.75. The zero-order chi connectivity index (χ0) is 21.3. The number of sulfone groups is 1. The Bertz CT molecular complexity index is 1150. The highest BCUT2D eigenvalue weighted by atomic mass is 32.2. The van der Waals surface area contributed by atoms with Crippen molar-refractivity contribution >= 4 is 27.1 Å². The van der Waals surface area contributed by atoms with Crippen LogP contribution in [0.25, 0.3) is 10.4 Å². The first-order valence-electron chi connectivity index (χ1n) is 9.92. The number of carbonyl (C=O) groups excluding carboxylic acids is 1. The van der Waals surface area contributed by atoms with E-state index in [0.717, 1.165) is 26.6 Å². The highest BCUT2D eigenvalue weighted by molar-refractivity contribution is 7.91. The van der Waals surface area contributed by atoms with Crippen molar-refractivity contribution in [1.82, 2.24) is 9.88 Å². The van der Waals surface area contributed by atoms with Gasteiger partial charge in [0.25, 0.3) is 5.91 Å². The molecule has 1 saturated heterocycles. The van der Waals surface area contributed by atoms with Gasteiger partial charge in [-0.1, -0.05) is 60.2 Å². The van der Waals surface area contributed by atoms with E-state index in [4.69, 9.17) is 0 Å². The van der Waals surface area contributed by atoms with Crippen LogP contribution in [0.5, 0.6) is 0 Å². The van der Waals surface area contributed by atoms with Crippen LogP contribution in [0.3, 0.4) is 0 Å². The number of carbonyl (C=O) groups is 1. The number of aryl methyl sites for hydroxylation is 2. The molecule has 0 saturated carbocycles. The van der Waals surface area contributed by atoms with E-state index in [-0.39, 0.29) is 23.5 Å². The van der Waals surface area contributed by atoms with Crippen LogP contribution in [0.2, 0.25) is 0 Å². The lowest BCUT2D eigenvalue weighted by molar-refractivity contribution is 0.0676. The van der Waals surface area contributed by atoms with Gasteiger partial charge in [-0.2, -0.15) is 0 Å². The van der Waals surface area contributed by atoms with Crippen molar-refractivity contribution in [2.45, 2.75) is 32.9 Å². The lowest BCUT2D eigenvalue weighted by Gasteiger charge is -2.28. The van der Waals surface area contributed by atoms with E-state index in [2.05, 4.69) is 4.98 Å². The van der Waals surface area contributed by atoms with E-state index >= 15 is 0 Å². The summed E-state index contributed by atoms with van der Waals surface area (Å²) in [4.78, 5) is 20.8. The van der Waals surface area contributed by atoms with Crippen molar-refractivity contribution in [2.75, 3.05) is 11.5 Å². The minimum absolute atomic E-state index is 0.00832. The fourth-order valence-corrected chi connectivity index (χ4v) is 6.42. The molecule has 0 N–H and O–H groups in total. The minimum atomic E-state index is -3.12. The van der Waals surface area contributed by atoms with Crippen LogP contribution >= 0.6 is 11.3 Å². The third kappa shape index (κ3) is 4.47. The van der Waals surface area contributed by atoms with Crippen molar-refractivity contribution in [2.24, 2.45) is 0 Å². The molecule has 156 valence electrons. The molecular weight excluding hydrogens is 416 g/mol. The molecule has 30 heavy (non-hydrogen) atoms. The standard InChI is InChI=1S/C23H24N2O3S2/c1-16-8-10-18(11-9-16)14-25(20-12-13-30(27,28)15-20)23(26)21-22(29-17(2)24-21)19-6-4-3-5-7-19/h3-11,20H,12-15H2,1-2H3. The Morgan fingerprint density at radius 2 is 1.80 bits per heavy atom. The molecule has 3 aromatic rings. The summed E-state index contributed by atoms with van der Waals surface area (Å²) in [7, 11) is -3.12. The number of hydrogen-bond acceptors (Lipinski definition) is 5. The fraction of sp³-hybridized carbons (Fsp3) is 0.304. The molecule has 2 heterocycles. The van der Waals surface area contributed by atoms with Gasteiger partial charge in [0, 0.05) is 12.6 Å². The Hall–Kier alpha value is -2.51. The van der Waals surface area contributed by atoms with Crippen molar-refractivity contribution in [3.8, 4) is 10.4 Å². The van der Waals surface area contributed by atoms with Gasteiger partial charge >= 0.3 is 0 Å². The van der Waals surface area contributed by atoms with Gasteiger partial charge in [0.1, 0.15) is 5.69 Å². The summed E-state index contributed by atoms with van der Waals surface area (Å²) in [6.45, 7) is 4.27. The average Bonchev–Trinajstić information content (AvgIpc) is 3.29. The molecule has 1 aromatic heterocycles. The van der Waals surface area contributed by atoms with Crippen molar-refractivity contribution in [3.05, 3.63) is 76.4 Å². The molecule has 1 fully saturated rings. The zero-order valence-corrected chi connectivity index (χ0v) is 18.7. The molecule has 1 aliphatic rings. The maximum absolute atomic E-state index is 13.7. The number of hydrogen-bond donors (Lipinski definition) is 0. The van der Waals surface area contributed by atoms with Crippen LogP contribution in [-0.4, -0.2) is 41.8 Å². The van der Waals surface area contributed by atoms with Gasteiger partial charge in [0.15, 0.2) is 9.84 Å². The van der Waals surface area contributed by atoms with Crippen molar-refractivity contribution in [3.63, 3.8) is 0 Å². The highest BCUT2D eigenvalue weighted by Crippen LogP contribution is 2.32. The van der Waals surface area contributed by atoms with Crippen LogP contribution in [0.15, 0.2) is 54.6 Å². The van der Waals surface area contributed by atoms with Gasteiger partial charge < -0.3 is 4.90 Å². The Balaban J connectivity index is 1.72. The first-order valence-corrected chi connectivity index (χ1v) is 12.6. The average molecular weight is 441 g/mol. The molecule has 0 spiro atoms. The molecule has 0 radical (unpaired) electrons. The lowest BCUT2D eigenvalue weighted by atomic mass is 10.1. The first kappa shape index (κ1) is 20.8. The third-order valence-corrected chi connectivity index (χ3v) is 8.13. The molecular formula is C23H24N2O3S2. The van der Waals surface area contributed by atoms with Gasteiger partial charge in [-0.15, -0.1) is 11.3 Å². The molecule has 1 atom stereocenters. The van der Waals surface area contributed by atoms with Gasteiger partial charge in [-0.3, -0.25) is 4.79 Å². The second-order valence-corrected chi connectivity index (χ2v) is 11.2. The molecule has 2 aromatic carbocycles. The Labute approximate surface area is 181 Å². The van der Waals surface area contributed by atoms with Crippen LogP contribution in [0.1, 0.15) is 33.0 Å². The van der Waals surface area contributed by atoms with E-state index in [9.17, 15) is 13.2 Å². The normalized spacial score (nSPS) is 17.7. The summed E-state index contributed by atoms with van der Waals surface area (Å²) < 4.78 is 24.3. The van der Waals surface area contributed by atoms with Gasteiger partial charge in [0.05, 0.1) is 21.4 Å². The SMILES string of the molecule is Cc1ccc(CN(C(=O)c2nc(C)sc2-c2ccccc2)C2CCS(=O)(=O)C2)cc1. The van der Waals surface area contributed by atoms with Crippen LogP contribution in [-0.2, 0) is 16.4 Å². The Morgan fingerprint density at radius 1 is 1.10 bits per heavy atom. The molecule has 1 unspecified atom stereocenters. The van der Waals surface area contributed by atoms with Gasteiger partial charge in [-0.25, -0.2) is 13.4 Å². The maximum Gasteiger partial charge on any atom is 0.274 e. The number of benzene rings is 2. The number of thiazole rings is 1. The third-order valence-electron chi connectivity index (χ3n) is 5.36. The van der Waals surface area contributed by atoms with E-state index < -0.39 is 9.84 Å². The summed E-state index contributed by atoms with van der Waals surface area (Å²) >= 11 is 1.49. The molecule has 7 heteroatoms. The highest BCUT2D eigenvalue weighted by Gasteiger charge is 2.36. The van der Waals surface area contributed by atoms with Crippen molar-refractivity contribution < 1.29 is 13.2 Å². The van der Waals surface area contributed by atoms with E-state index in [0.29, 0.717) is 18.7 Å². The zero-order valence-electron chi connectivity index (χ0n) is 17.0. The molecule has 0 bridgehead atoms. The fourth-order valence-electron chi connectivity index (χ4n) is 3.77. The van der Waals surface area contributed by atoms with Crippen molar-refractivity contribution in [1.29, 1.82) is 0 Å². The predicted octanol–water partition coefficient (Wildman–Crippen LogP) is 4.26. The minimum Gasteiger partial charge on any atom is -0.329 e. The van der Waals surface area contributed by atoms with Gasteiger partial charge in [-0.05, 0) is 31.4 Å². The number of rotatable bonds is 5. The number of aromatic nitrogens is 1. The second-order valence-electron chi connectivity index (χ2n) is 7.75. The maximum atomic E-state index is 13.7.